The second-order valence-corrected chi connectivity index (χ2v) is 14.9. The first kappa shape index (κ1) is 32.6. The first-order valence-corrected chi connectivity index (χ1v) is 17.6. The van der Waals surface area contributed by atoms with Crippen molar-refractivity contribution >= 4 is 45.4 Å². The van der Waals surface area contributed by atoms with Crippen LogP contribution in [-0.2, 0) is 6.42 Å². The van der Waals surface area contributed by atoms with Gasteiger partial charge in [0, 0.05) is 48.2 Å². The number of carbonyl (C=O) groups excluding carboxylic acids is 1. The van der Waals surface area contributed by atoms with E-state index in [1.54, 1.807) is 11.8 Å². The summed E-state index contributed by atoms with van der Waals surface area (Å²) in [5, 5.41) is -0.250. The average molecular weight is 617 g/mol. The Morgan fingerprint density at radius 1 is 1.05 bits per heavy atom. The van der Waals surface area contributed by atoms with Crippen molar-refractivity contribution in [2.75, 3.05) is 38.7 Å². The fraction of sp³-hybridized carbons (Fsp3) is 0.636. The molecule has 0 spiro atoms. The van der Waals surface area contributed by atoms with Crippen molar-refractivity contribution in [1.82, 2.24) is 9.80 Å². The molecule has 1 aliphatic carbocycles. The lowest BCUT2D eigenvalue weighted by Gasteiger charge is -2.32. The number of nitrogens with zero attached hydrogens (tertiary/aromatic N) is 2. The number of rotatable bonds is 14. The topological polar surface area (TPSA) is 41.6 Å². The van der Waals surface area contributed by atoms with Gasteiger partial charge in [0.2, 0.25) is 4.38 Å². The molecule has 0 saturated carbocycles. The van der Waals surface area contributed by atoms with Gasteiger partial charge in [-0.3, -0.25) is 0 Å². The molecule has 0 bridgehead atoms. The van der Waals surface area contributed by atoms with Crippen LogP contribution < -0.4 is 9.47 Å². The predicted octanol–water partition coefficient (Wildman–Crippen LogP) is 8.47. The SMILES string of the molecule is C=C(C)C1CCC(C)=CC1c1c(OC(=O)SCCC2CN2C)cc(CCCCC)cc1OC(=S)SCCC1CN1C. The van der Waals surface area contributed by atoms with Gasteiger partial charge in [-0.15, -0.1) is 0 Å². The predicted molar refractivity (Wildman–Crippen MR) is 180 cm³/mol. The van der Waals surface area contributed by atoms with Gasteiger partial charge >= 0.3 is 5.30 Å². The number of hydrogen-bond acceptors (Lipinski definition) is 8. The number of likely N-dealkylation sites (N-methyl/N-ethyl adjacent to an activating group) is 2. The number of thiocarbonyl (C=S) groups is 1. The van der Waals surface area contributed by atoms with Gasteiger partial charge in [0.25, 0.3) is 0 Å². The van der Waals surface area contributed by atoms with E-state index in [1.807, 2.05) is 0 Å². The summed E-state index contributed by atoms with van der Waals surface area (Å²) in [6.45, 7) is 13.1. The van der Waals surface area contributed by atoms with Crippen molar-refractivity contribution < 1.29 is 14.3 Å². The molecule has 0 radical (unpaired) electrons. The van der Waals surface area contributed by atoms with Crippen LogP contribution in [0.5, 0.6) is 11.5 Å². The van der Waals surface area contributed by atoms with E-state index in [2.05, 4.69) is 69.5 Å². The zero-order valence-corrected chi connectivity index (χ0v) is 28.0. The second kappa shape index (κ2) is 15.4. The monoisotopic (exact) mass is 616 g/mol. The Kier molecular flexibility index (Phi) is 12.3. The smallest absolute Gasteiger partial charge is 0.372 e. The number of ether oxygens (including phenoxy) is 2. The zero-order valence-electron chi connectivity index (χ0n) is 25.6. The van der Waals surface area contributed by atoms with Crippen molar-refractivity contribution in [2.45, 2.75) is 90.1 Å². The summed E-state index contributed by atoms with van der Waals surface area (Å²) in [7, 11) is 4.28. The van der Waals surface area contributed by atoms with Gasteiger partial charge in [0.1, 0.15) is 11.5 Å². The number of thioether (sulfide) groups is 2. The van der Waals surface area contributed by atoms with E-state index in [0.29, 0.717) is 22.2 Å². The lowest BCUT2D eigenvalue weighted by atomic mass is 9.73. The van der Waals surface area contributed by atoms with Crippen LogP contribution in [-0.4, -0.2) is 70.3 Å². The molecule has 226 valence electrons. The van der Waals surface area contributed by atoms with Crippen molar-refractivity contribution in [3.05, 3.63) is 47.1 Å². The average Bonchev–Trinajstić information content (AvgIpc) is 3.81. The summed E-state index contributed by atoms with van der Waals surface area (Å²) >= 11 is 8.64. The Hall–Kier alpha value is -1.32. The number of allylic oxidation sites excluding steroid dienone is 3. The molecule has 2 aliphatic heterocycles. The maximum absolute atomic E-state index is 13.2. The van der Waals surface area contributed by atoms with Crippen molar-refractivity contribution in [3.8, 4) is 11.5 Å². The van der Waals surface area contributed by atoms with Crippen LogP contribution in [0.25, 0.3) is 0 Å². The largest absolute Gasteiger partial charge is 0.439 e. The minimum absolute atomic E-state index is 0.0155. The van der Waals surface area contributed by atoms with E-state index in [-0.39, 0.29) is 17.1 Å². The molecule has 2 saturated heterocycles. The first-order valence-electron chi connectivity index (χ1n) is 15.3. The van der Waals surface area contributed by atoms with E-state index >= 15 is 0 Å². The highest BCUT2D eigenvalue weighted by Gasteiger charge is 2.33. The maximum atomic E-state index is 13.2. The van der Waals surface area contributed by atoms with Gasteiger partial charge < -0.3 is 19.3 Å². The Balaban J connectivity index is 1.63. The molecule has 5 nitrogen and oxygen atoms in total. The highest BCUT2D eigenvalue weighted by Crippen LogP contribution is 2.48. The Bertz CT molecular complexity index is 1080. The van der Waals surface area contributed by atoms with Gasteiger partial charge in [0.15, 0.2) is 0 Å². The van der Waals surface area contributed by atoms with Crippen LogP contribution in [0.1, 0.15) is 82.8 Å². The van der Waals surface area contributed by atoms with Gasteiger partial charge in [-0.25, -0.2) is 4.79 Å². The van der Waals surface area contributed by atoms with Crippen molar-refractivity contribution in [3.63, 3.8) is 0 Å². The summed E-state index contributed by atoms with van der Waals surface area (Å²) in [6.07, 6.45) is 10.8. The third-order valence-corrected chi connectivity index (χ3v) is 10.6. The molecule has 6 atom stereocenters. The fourth-order valence-electron chi connectivity index (χ4n) is 5.77. The molecule has 8 heteroatoms. The molecule has 3 aliphatic rings. The highest BCUT2D eigenvalue weighted by atomic mass is 32.2. The van der Waals surface area contributed by atoms with Gasteiger partial charge in [-0.05, 0) is 114 Å². The molecule has 4 rings (SSSR count). The number of unbranched alkanes of at least 4 members (excludes halogenated alkanes) is 2. The van der Waals surface area contributed by atoms with Crippen LogP contribution in [0.3, 0.4) is 0 Å². The summed E-state index contributed by atoms with van der Waals surface area (Å²) in [6, 6.07) is 5.49. The maximum Gasteiger partial charge on any atom is 0.372 e. The van der Waals surface area contributed by atoms with E-state index in [0.717, 1.165) is 98.4 Å². The first-order chi connectivity index (χ1) is 19.7. The Morgan fingerprint density at radius 3 is 2.24 bits per heavy atom. The Labute approximate surface area is 261 Å². The van der Waals surface area contributed by atoms with Crippen LogP contribution in [0, 0.1) is 5.92 Å². The van der Waals surface area contributed by atoms with Crippen molar-refractivity contribution in [2.24, 2.45) is 5.92 Å². The van der Waals surface area contributed by atoms with E-state index in [9.17, 15) is 4.79 Å². The lowest BCUT2D eigenvalue weighted by molar-refractivity contribution is 0.226. The summed E-state index contributed by atoms with van der Waals surface area (Å²) < 4.78 is 13.3. The molecule has 2 fully saturated rings. The molecular formula is C33H48N2O3S3. The third kappa shape index (κ3) is 9.85. The summed E-state index contributed by atoms with van der Waals surface area (Å²) in [5.41, 5.74) is 4.54. The second-order valence-electron chi connectivity index (χ2n) is 12.2. The number of carbonyl (C=O) groups is 1. The molecule has 1 aromatic rings. The molecule has 2 heterocycles. The zero-order chi connectivity index (χ0) is 29.5. The molecule has 1 aromatic carbocycles. The summed E-state index contributed by atoms with van der Waals surface area (Å²) in [5.74, 6) is 3.30. The lowest BCUT2D eigenvalue weighted by Crippen LogP contribution is -2.20. The minimum Gasteiger partial charge on any atom is -0.439 e. The standard InChI is InChI=1S/C33H48N2O3S3/c1-7-8-9-10-24-18-29(37-32(36)40-15-13-25-20-34(25)5)31(28-17-23(4)11-12-27(28)22(2)3)30(19-24)38-33(39)41-16-14-26-21-35(26)6/h17-19,25-28H,2,7-16,20-21H2,1,3-6H3. The van der Waals surface area contributed by atoms with Gasteiger partial charge in [-0.2, -0.15) is 0 Å². The van der Waals surface area contributed by atoms with E-state index in [4.69, 9.17) is 21.7 Å². The quantitative estimate of drug-likeness (QED) is 0.0678. The fourth-order valence-corrected chi connectivity index (χ4v) is 7.52. The number of benzene rings is 1. The molecular weight excluding hydrogens is 569 g/mol. The minimum atomic E-state index is -0.250. The summed E-state index contributed by atoms with van der Waals surface area (Å²) in [4.78, 5) is 17.8. The van der Waals surface area contributed by atoms with Gasteiger partial charge in [-0.1, -0.05) is 55.3 Å². The molecule has 0 amide bonds. The van der Waals surface area contributed by atoms with Gasteiger partial charge in [0.05, 0.1) is 0 Å². The van der Waals surface area contributed by atoms with Crippen LogP contribution in [0.4, 0.5) is 4.79 Å². The van der Waals surface area contributed by atoms with Crippen LogP contribution in [0.15, 0.2) is 35.9 Å². The van der Waals surface area contributed by atoms with Crippen LogP contribution in [0.2, 0.25) is 0 Å². The molecule has 0 aromatic heterocycles. The van der Waals surface area contributed by atoms with Crippen molar-refractivity contribution in [1.29, 1.82) is 0 Å². The number of hydrogen-bond donors (Lipinski definition) is 0. The van der Waals surface area contributed by atoms with E-state index in [1.165, 1.54) is 17.3 Å². The highest BCUT2D eigenvalue weighted by molar-refractivity contribution is 8.22. The number of aryl methyl sites for hydroxylation is 1. The molecule has 41 heavy (non-hydrogen) atoms. The Morgan fingerprint density at radius 2 is 1.66 bits per heavy atom. The normalized spacial score (nSPS) is 26.7. The molecule has 6 unspecified atom stereocenters. The van der Waals surface area contributed by atoms with Crippen LogP contribution >= 0.6 is 35.7 Å². The third-order valence-electron chi connectivity index (χ3n) is 8.65. The molecule has 0 N–H and O–H groups in total. The van der Waals surface area contributed by atoms with E-state index < -0.39 is 0 Å².